The number of allylic oxidation sites excluding steroid dienone is 1. The predicted molar refractivity (Wildman–Crippen MR) is 142 cm³/mol. The molecule has 2 aliphatic rings. The Morgan fingerprint density at radius 1 is 1.17 bits per heavy atom. The van der Waals surface area contributed by atoms with Crippen LogP contribution in [0.15, 0.2) is 12.2 Å². The Morgan fingerprint density at radius 2 is 1.83 bits per heavy atom. The Morgan fingerprint density at radius 3 is 2.40 bits per heavy atom. The van der Waals surface area contributed by atoms with Crippen molar-refractivity contribution in [1.29, 1.82) is 0 Å². The van der Waals surface area contributed by atoms with Gasteiger partial charge in [0.15, 0.2) is 0 Å². The number of hydrogen-bond acceptors (Lipinski definition) is 4. The lowest BCUT2D eigenvalue weighted by Crippen LogP contribution is -2.51. The maximum atomic E-state index is 13.4. The van der Waals surface area contributed by atoms with Crippen molar-refractivity contribution in [3.63, 3.8) is 0 Å². The lowest BCUT2D eigenvalue weighted by atomic mass is 9.81. The fraction of sp³-hybridized carbons (Fsp3) is 0.862. The number of rotatable bonds is 10. The molecule has 0 unspecified atom stereocenters. The van der Waals surface area contributed by atoms with Crippen molar-refractivity contribution in [2.45, 2.75) is 137 Å². The van der Waals surface area contributed by atoms with Crippen LogP contribution in [0, 0.1) is 17.8 Å². The third-order valence-corrected chi connectivity index (χ3v) is 7.36. The molecule has 2 amide bonds. The van der Waals surface area contributed by atoms with Gasteiger partial charge >= 0.3 is 6.09 Å². The van der Waals surface area contributed by atoms with Crippen molar-refractivity contribution < 1.29 is 19.1 Å². The van der Waals surface area contributed by atoms with Gasteiger partial charge in [-0.15, -0.1) is 0 Å². The van der Waals surface area contributed by atoms with E-state index in [1.165, 1.54) is 32.1 Å². The van der Waals surface area contributed by atoms with E-state index in [0.717, 1.165) is 25.7 Å². The largest absolute Gasteiger partial charge is 0.444 e. The van der Waals surface area contributed by atoms with E-state index < -0.39 is 11.3 Å². The minimum absolute atomic E-state index is 0.0315. The molecule has 35 heavy (non-hydrogen) atoms. The second-order valence-electron chi connectivity index (χ2n) is 12.4. The first-order chi connectivity index (χ1) is 16.3. The number of nitrogens with zero attached hydrogens (tertiary/aromatic N) is 1. The molecular weight excluding hydrogens is 440 g/mol. The van der Waals surface area contributed by atoms with Crippen molar-refractivity contribution in [1.82, 2.24) is 10.2 Å². The van der Waals surface area contributed by atoms with Crippen molar-refractivity contribution in [3.05, 3.63) is 12.2 Å². The van der Waals surface area contributed by atoms with Gasteiger partial charge in [-0.1, -0.05) is 65.4 Å². The summed E-state index contributed by atoms with van der Waals surface area (Å²) in [6.45, 7) is 16.9. The minimum Gasteiger partial charge on any atom is -0.444 e. The van der Waals surface area contributed by atoms with Crippen LogP contribution in [0.25, 0.3) is 0 Å². The lowest BCUT2D eigenvalue weighted by molar-refractivity contribution is -0.116. The summed E-state index contributed by atoms with van der Waals surface area (Å²) in [6, 6.07) is -0.0315. The van der Waals surface area contributed by atoms with Gasteiger partial charge < -0.3 is 14.8 Å². The summed E-state index contributed by atoms with van der Waals surface area (Å²) in [7, 11) is 0. The molecule has 3 atom stereocenters. The zero-order valence-electron chi connectivity index (χ0n) is 23.7. The molecule has 0 aromatic rings. The fourth-order valence-corrected chi connectivity index (χ4v) is 5.46. The Balaban J connectivity index is 2.23. The number of nitrogens with one attached hydrogen (secondary N) is 1. The fourth-order valence-electron chi connectivity index (χ4n) is 5.46. The van der Waals surface area contributed by atoms with Gasteiger partial charge in [0.1, 0.15) is 11.3 Å². The predicted octanol–water partition coefficient (Wildman–Crippen LogP) is 6.83. The average molecular weight is 493 g/mol. The van der Waals surface area contributed by atoms with Crippen LogP contribution in [0.5, 0.6) is 0 Å². The molecule has 1 heterocycles. The molecule has 1 N–H and O–H groups in total. The molecule has 1 aliphatic heterocycles. The lowest BCUT2D eigenvalue weighted by Gasteiger charge is -2.37. The van der Waals surface area contributed by atoms with Gasteiger partial charge in [0.25, 0.3) is 0 Å². The van der Waals surface area contributed by atoms with E-state index in [9.17, 15) is 9.59 Å². The first-order valence-electron chi connectivity index (χ1n) is 14.0. The third-order valence-electron chi connectivity index (χ3n) is 7.36. The van der Waals surface area contributed by atoms with Crippen LogP contribution in [0.2, 0.25) is 0 Å². The smallest absolute Gasteiger partial charge is 0.412 e. The average Bonchev–Trinajstić information content (AvgIpc) is 2.99. The summed E-state index contributed by atoms with van der Waals surface area (Å²) in [5.41, 5.74) is -1.30. The summed E-state index contributed by atoms with van der Waals surface area (Å²) < 4.78 is 12.5. The Kier molecular flexibility index (Phi) is 11.1. The molecule has 1 saturated carbocycles. The first kappa shape index (κ1) is 29.7. The number of hydrogen-bond donors (Lipinski definition) is 1. The summed E-state index contributed by atoms with van der Waals surface area (Å²) >= 11 is 0. The van der Waals surface area contributed by atoms with Crippen molar-refractivity contribution in [3.8, 4) is 0 Å². The van der Waals surface area contributed by atoms with Crippen molar-refractivity contribution in [2.24, 2.45) is 17.8 Å². The first-order valence-corrected chi connectivity index (χ1v) is 14.0. The molecule has 0 bridgehead atoms. The summed E-state index contributed by atoms with van der Waals surface area (Å²) in [5.74, 6) is 1.11. The normalized spacial score (nSPS) is 24.2. The summed E-state index contributed by atoms with van der Waals surface area (Å²) in [6.07, 6.45) is 13.4. The summed E-state index contributed by atoms with van der Waals surface area (Å²) in [4.78, 5) is 27.5. The van der Waals surface area contributed by atoms with Crippen LogP contribution in [0.3, 0.4) is 0 Å². The zero-order chi connectivity index (χ0) is 26.2. The maximum Gasteiger partial charge on any atom is 0.412 e. The maximum absolute atomic E-state index is 13.4. The molecule has 2 rings (SSSR count). The van der Waals surface area contributed by atoms with Gasteiger partial charge in [0.05, 0.1) is 12.1 Å². The van der Waals surface area contributed by atoms with Crippen LogP contribution < -0.4 is 5.32 Å². The van der Waals surface area contributed by atoms with Gasteiger partial charge in [-0.25, -0.2) is 4.79 Å². The molecule has 202 valence electrons. The molecule has 6 heteroatoms. The number of carbonyl (C=O) groups is 2. The Labute approximate surface area is 214 Å². The van der Waals surface area contributed by atoms with E-state index in [1.807, 2.05) is 45.6 Å². The Bertz CT molecular complexity index is 704. The van der Waals surface area contributed by atoms with E-state index in [-0.39, 0.29) is 30.1 Å². The number of ether oxygens (including phenoxy) is 2. The van der Waals surface area contributed by atoms with Gasteiger partial charge in [-0.2, -0.15) is 0 Å². The van der Waals surface area contributed by atoms with Gasteiger partial charge in [0.2, 0.25) is 5.91 Å². The SMILES string of the molecule is CCCCNC(=O)C=C[C@@H](C[C@@H]1OC(C)(C)N(C(=O)OC(C)(C)C)[C@H]1CC1CCCCC1)C(C)C. The summed E-state index contributed by atoms with van der Waals surface area (Å²) in [5, 5.41) is 2.96. The topological polar surface area (TPSA) is 67.9 Å². The van der Waals surface area contributed by atoms with Crippen molar-refractivity contribution in [2.75, 3.05) is 6.54 Å². The van der Waals surface area contributed by atoms with E-state index in [4.69, 9.17) is 9.47 Å². The quantitative estimate of drug-likeness (QED) is 0.268. The van der Waals surface area contributed by atoms with Crippen LogP contribution in [-0.4, -0.2) is 46.9 Å². The van der Waals surface area contributed by atoms with Gasteiger partial charge in [-0.05, 0) is 77.7 Å². The molecule has 1 saturated heterocycles. The molecule has 1 aliphatic carbocycles. The van der Waals surface area contributed by atoms with Crippen LogP contribution in [0.1, 0.15) is 113 Å². The third kappa shape index (κ3) is 9.44. The molecule has 0 aromatic carbocycles. The monoisotopic (exact) mass is 492 g/mol. The second-order valence-corrected chi connectivity index (χ2v) is 12.4. The molecule has 6 nitrogen and oxygen atoms in total. The Hall–Kier alpha value is -1.56. The van der Waals surface area contributed by atoms with Crippen LogP contribution in [0.4, 0.5) is 4.79 Å². The van der Waals surface area contributed by atoms with Crippen LogP contribution in [-0.2, 0) is 14.3 Å². The van der Waals surface area contributed by atoms with E-state index in [1.54, 1.807) is 6.08 Å². The highest BCUT2D eigenvalue weighted by Crippen LogP contribution is 2.42. The zero-order valence-corrected chi connectivity index (χ0v) is 23.7. The van der Waals surface area contributed by atoms with E-state index in [2.05, 4.69) is 26.1 Å². The molecule has 0 radical (unpaired) electrons. The second kappa shape index (κ2) is 13.1. The standard InChI is InChI=1S/C29H52N2O4/c1-9-10-18-30-26(32)17-16-23(21(2)3)20-25-24(19-22-14-12-11-13-15-22)31(29(7,8)34-25)27(33)35-28(4,5)6/h16-17,21-25H,9-15,18-20H2,1-8H3,(H,30,32)/t23-,24-,25-/m0/s1. The number of unbranched alkanes of at least 4 members (excludes halogenated alkanes) is 1. The molecule has 0 spiro atoms. The molecular formula is C29H52N2O4. The van der Waals surface area contributed by atoms with Crippen molar-refractivity contribution >= 4 is 12.0 Å². The van der Waals surface area contributed by atoms with Crippen LogP contribution >= 0.6 is 0 Å². The highest BCUT2D eigenvalue weighted by Gasteiger charge is 2.51. The number of carbonyl (C=O) groups excluding carboxylic acids is 2. The highest BCUT2D eigenvalue weighted by molar-refractivity contribution is 5.87. The highest BCUT2D eigenvalue weighted by atomic mass is 16.6. The van der Waals surface area contributed by atoms with Gasteiger partial charge in [0, 0.05) is 6.54 Å². The minimum atomic E-state index is -0.741. The molecule has 2 fully saturated rings. The van der Waals surface area contributed by atoms with E-state index in [0.29, 0.717) is 18.4 Å². The number of amides is 2. The van der Waals surface area contributed by atoms with E-state index >= 15 is 0 Å². The van der Waals surface area contributed by atoms with Gasteiger partial charge in [-0.3, -0.25) is 9.69 Å². The molecule has 0 aromatic heterocycles.